The van der Waals surface area contributed by atoms with Crippen LogP contribution in [0.4, 0.5) is 11.5 Å². The zero-order valence-corrected chi connectivity index (χ0v) is 12.1. The lowest BCUT2D eigenvalue weighted by atomic mass is 10.1. The van der Waals surface area contributed by atoms with Crippen molar-refractivity contribution in [1.82, 2.24) is 9.97 Å². The van der Waals surface area contributed by atoms with Crippen molar-refractivity contribution in [1.29, 1.82) is 0 Å². The van der Waals surface area contributed by atoms with E-state index in [-0.39, 0.29) is 11.7 Å². The molecule has 0 aliphatic heterocycles. The average molecular weight is 290 g/mol. The third-order valence-corrected chi connectivity index (χ3v) is 3.18. The number of anilines is 1. The molecular formula is C14H18N4O3. The van der Waals surface area contributed by atoms with Gasteiger partial charge in [0.15, 0.2) is 0 Å². The van der Waals surface area contributed by atoms with Gasteiger partial charge in [-0.1, -0.05) is 13.3 Å². The van der Waals surface area contributed by atoms with Gasteiger partial charge in [-0.2, -0.15) is 0 Å². The van der Waals surface area contributed by atoms with Gasteiger partial charge in [0.25, 0.3) is 5.69 Å². The lowest BCUT2D eigenvalue weighted by Gasteiger charge is -2.18. The Kier molecular flexibility index (Phi) is 4.99. The quantitative estimate of drug-likeness (QED) is 0.623. The highest BCUT2D eigenvalue weighted by atomic mass is 16.6. The number of fused-ring (bicyclic) bond motifs is 1. The minimum Gasteiger partial charge on any atom is -0.383 e. The lowest BCUT2D eigenvalue weighted by molar-refractivity contribution is -0.384. The Balaban J connectivity index is 2.37. The number of hydrogen-bond acceptors (Lipinski definition) is 6. The SMILES string of the molecule is CCCC(COC)Nc1ncnc2ccc([N+](=O)[O-])cc12. The standard InChI is InChI=1S/C14H18N4O3/c1-3-4-10(8-21-2)17-14-12-7-11(18(19)20)5-6-13(12)15-9-16-14/h5-7,9-10H,3-4,8H2,1-2H3,(H,15,16,17). The number of nitrogens with zero attached hydrogens (tertiary/aromatic N) is 3. The molecule has 0 radical (unpaired) electrons. The second-order valence-corrected chi connectivity index (χ2v) is 4.77. The number of rotatable bonds is 7. The van der Waals surface area contributed by atoms with Crippen LogP contribution in [-0.4, -0.2) is 34.6 Å². The molecule has 2 aromatic rings. The van der Waals surface area contributed by atoms with Crippen LogP contribution < -0.4 is 5.32 Å². The molecule has 0 fully saturated rings. The molecule has 7 heteroatoms. The lowest BCUT2D eigenvalue weighted by Crippen LogP contribution is -2.25. The molecule has 21 heavy (non-hydrogen) atoms. The zero-order valence-electron chi connectivity index (χ0n) is 12.1. The Hall–Kier alpha value is -2.28. The summed E-state index contributed by atoms with van der Waals surface area (Å²) in [7, 11) is 1.65. The molecule has 1 heterocycles. The van der Waals surface area contributed by atoms with Gasteiger partial charge in [0.1, 0.15) is 12.1 Å². The first-order chi connectivity index (χ1) is 10.2. The first-order valence-electron chi connectivity index (χ1n) is 6.80. The van der Waals surface area contributed by atoms with E-state index in [2.05, 4.69) is 22.2 Å². The van der Waals surface area contributed by atoms with Crippen LogP contribution in [0.3, 0.4) is 0 Å². The van der Waals surface area contributed by atoms with E-state index in [1.807, 2.05) is 0 Å². The zero-order chi connectivity index (χ0) is 15.2. The highest BCUT2D eigenvalue weighted by Gasteiger charge is 2.13. The molecule has 0 bridgehead atoms. The molecule has 0 amide bonds. The molecule has 0 saturated carbocycles. The van der Waals surface area contributed by atoms with Crippen LogP contribution in [0, 0.1) is 10.1 Å². The highest BCUT2D eigenvalue weighted by molar-refractivity contribution is 5.90. The average Bonchev–Trinajstić information content (AvgIpc) is 2.47. The smallest absolute Gasteiger partial charge is 0.270 e. The second kappa shape index (κ2) is 6.94. The molecule has 1 unspecified atom stereocenters. The Bertz CT molecular complexity index is 627. The van der Waals surface area contributed by atoms with Crippen molar-refractivity contribution in [2.24, 2.45) is 0 Å². The van der Waals surface area contributed by atoms with Gasteiger partial charge >= 0.3 is 0 Å². The summed E-state index contributed by atoms with van der Waals surface area (Å²) in [5.41, 5.74) is 0.699. The number of nitrogens with one attached hydrogen (secondary N) is 1. The third kappa shape index (κ3) is 3.63. The molecule has 7 nitrogen and oxygen atoms in total. The maximum absolute atomic E-state index is 10.9. The fraction of sp³-hybridized carbons (Fsp3) is 0.429. The van der Waals surface area contributed by atoms with Gasteiger partial charge in [-0.25, -0.2) is 9.97 Å². The van der Waals surface area contributed by atoms with E-state index in [1.165, 1.54) is 18.5 Å². The van der Waals surface area contributed by atoms with Crippen molar-refractivity contribution >= 4 is 22.4 Å². The van der Waals surface area contributed by atoms with Crippen LogP contribution in [0.1, 0.15) is 19.8 Å². The van der Waals surface area contributed by atoms with Crippen molar-refractivity contribution in [3.8, 4) is 0 Å². The molecule has 2 rings (SSSR count). The van der Waals surface area contributed by atoms with Gasteiger partial charge in [0.05, 0.1) is 23.1 Å². The number of benzene rings is 1. The summed E-state index contributed by atoms with van der Waals surface area (Å²) in [6.07, 6.45) is 3.38. The molecule has 0 aliphatic carbocycles. The van der Waals surface area contributed by atoms with Crippen molar-refractivity contribution < 1.29 is 9.66 Å². The fourth-order valence-electron chi connectivity index (χ4n) is 2.21. The van der Waals surface area contributed by atoms with Gasteiger partial charge in [-0.05, 0) is 12.5 Å². The predicted molar refractivity (Wildman–Crippen MR) is 80.4 cm³/mol. The summed E-state index contributed by atoms with van der Waals surface area (Å²) >= 11 is 0. The Labute approximate surface area is 122 Å². The number of methoxy groups -OCH3 is 1. The van der Waals surface area contributed by atoms with Crippen molar-refractivity contribution in [2.45, 2.75) is 25.8 Å². The van der Waals surface area contributed by atoms with E-state index in [9.17, 15) is 10.1 Å². The van der Waals surface area contributed by atoms with E-state index in [1.54, 1.807) is 13.2 Å². The second-order valence-electron chi connectivity index (χ2n) is 4.77. The monoisotopic (exact) mass is 290 g/mol. The minimum absolute atomic E-state index is 0.0270. The van der Waals surface area contributed by atoms with E-state index >= 15 is 0 Å². The molecule has 112 valence electrons. The summed E-state index contributed by atoms with van der Waals surface area (Å²) < 4.78 is 5.19. The fourth-order valence-corrected chi connectivity index (χ4v) is 2.21. The topological polar surface area (TPSA) is 90.2 Å². The number of aromatic nitrogens is 2. The molecule has 0 saturated heterocycles. The van der Waals surface area contributed by atoms with Crippen LogP contribution in [0.15, 0.2) is 24.5 Å². The summed E-state index contributed by atoms with van der Waals surface area (Å²) in [6.45, 7) is 2.64. The maximum Gasteiger partial charge on any atom is 0.270 e. The number of nitro groups is 1. The van der Waals surface area contributed by atoms with Crippen molar-refractivity contribution in [3.63, 3.8) is 0 Å². The van der Waals surface area contributed by atoms with Crippen LogP contribution in [0.25, 0.3) is 10.9 Å². The molecular weight excluding hydrogens is 272 g/mol. The summed E-state index contributed by atoms with van der Waals surface area (Å²) in [5.74, 6) is 0.596. The first kappa shape index (κ1) is 15.1. The van der Waals surface area contributed by atoms with Crippen LogP contribution in [0.2, 0.25) is 0 Å². The molecule has 1 aromatic carbocycles. The molecule has 1 aromatic heterocycles. The summed E-state index contributed by atoms with van der Waals surface area (Å²) in [6, 6.07) is 4.67. The Morgan fingerprint density at radius 1 is 1.43 bits per heavy atom. The van der Waals surface area contributed by atoms with Crippen LogP contribution in [-0.2, 0) is 4.74 Å². The molecule has 0 spiro atoms. The molecule has 1 N–H and O–H groups in total. The predicted octanol–water partition coefficient (Wildman–Crippen LogP) is 2.77. The molecule has 0 aliphatic rings. The maximum atomic E-state index is 10.9. The van der Waals surface area contributed by atoms with Crippen molar-refractivity contribution in [2.75, 3.05) is 19.0 Å². The Morgan fingerprint density at radius 3 is 2.90 bits per heavy atom. The van der Waals surface area contributed by atoms with Gasteiger partial charge in [-0.3, -0.25) is 10.1 Å². The van der Waals surface area contributed by atoms with Gasteiger partial charge in [0, 0.05) is 24.6 Å². The summed E-state index contributed by atoms with van der Waals surface area (Å²) in [5, 5.41) is 14.8. The van der Waals surface area contributed by atoms with E-state index in [0.717, 1.165) is 12.8 Å². The first-order valence-corrected chi connectivity index (χ1v) is 6.80. The van der Waals surface area contributed by atoms with E-state index in [0.29, 0.717) is 23.3 Å². The minimum atomic E-state index is -0.422. The number of ether oxygens (including phenoxy) is 1. The Morgan fingerprint density at radius 2 is 2.24 bits per heavy atom. The van der Waals surface area contributed by atoms with Gasteiger partial charge in [-0.15, -0.1) is 0 Å². The van der Waals surface area contributed by atoms with Crippen LogP contribution in [0.5, 0.6) is 0 Å². The van der Waals surface area contributed by atoms with Gasteiger partial charge in [0.2, 0.25) is 0 Å². The van der Waals surface area contributed by atoms with E-state index in [4.69, 9.17) is 4.74 Å². The number of hydrogen-bond donors (Lipinski definition) is 1. The number of nitro benzene ring substituents is 1. The normalized spacial score (nSPS) is 12.3. The van der Waals surface area contributed by atoms with Crippen LogP contribution >= 0.6 is 0 Å². The van der Waals surface area contributed by atoms with Gasteiger partial charge < -0.3 is 10.1 Å². The summed E-state index contributed by atoms with van der Waals surface area (Å²) in [4.78, 5) is 18.8. The number of non-ortho nitro benzene ring substituents is 1. The highest BCUT2D eigenvalue weighted by Crippen LogP contribution is 2.25. The van der Waals surface area contributed by atoms with E-state index < -0.39 is 4.92 Å². The largest absolute Gasteiger partial charge is 0.383 e. The van der Waals surface area contributed by atoms with Crippen molar-refractivity contribution in [3.05, 3.63) is 34.6 Å². The third-order valence-electron chi connectivity index (χ3n) is 3.18. The molecule has 1 atom stereocenters.